The van der Waals surface area contributed by atoms with Crippen molar-refractivity contribution in [2.24, 2.45) is 0 Å². The number of carboxylic acids is 1. The average molecular weight is 254 g/mol. The van der Waals surface area contributed by atoms with Crippen LogP contribution in [0.2, 0.25) is 5.02 Å². The number of carboxylic acid groups (broad SMARTS) is 1. The average Bonchev–Trinajstić information content (AvgIpc) is 2.28. The number of hydrogen-bond acceptors (Lipinski definition) is 3. The fraction of sp³-hybridized carbons (Fsp3) is 0.333. The number of ether oxygens (including phenoxy) is 1. The summed E-state index contributed by atoms with van der Waals surface area (Å²) < 4.78 is 5.35. The van der Waals surface area contributed by atoms with Crippen molar-refractivity contribution in [2.45, 2.75) is 19.3 Å². The second-order valence-electron chi connectivity index (χ2n) is 3.38. The zero-order chi connectivity index (χ0) is 12.7. The van der Waals surface area contributed by atoms with E-state index in [0.717, 1.165) is 6.42 Å². The van der Waals surface area contributed by atoms with Gasteiger partial charge in [0.15, 0.2) is 0 Å². The number of halogens is 1. The lowest BCUT2D eigenvalue weighted by atomic mass is 10.2. The van der Waals surface area contributed by atoms with Crippen molar-refractivity contribution in [3.05, 3.63) is 28.8 Å². The molecule has 0 aliphatic heterocycles. The fourth-order valence-electron chi connectivity index (χ4n) is 1.32. The Labute approximate surface area is 104 Å². The molecule has 17 heavy (non-hydrogen) atoms. The molecule has 0 radical (unpaired) electrons. The summed E-state index contributed by atoms with van der Waals surface area (Å²) >= 11 is 5.78. The molecule has 0 aromatic heterocycles. The van der Waals surface area contributed by atoms with E-state index in [2.05, 4.69) is 0 Å². The molecule has 0 atom stereocenters. The largest absolute Gasteiger partial charge is 0.493 e. The molecule has 0 bridgehead atoms. The zero-order valence-electron chi connectivity index (χ0n) is 9.15. The first-order valence-electron chi connectivity index (χ1n) is 5.18. The summed E-state index contributed by atoms with van der Waals surface area (Å²) in [6, 6.07) is 6.75. The van der Waals surface area contributed by atoms with Gasteiger partial charge in [0.25, 0.3) is 0 Å². The van der Waals surface area contributed by atoms with Crippen LogP contribution in [-0.2, 0) is 0 Å². The molecule has 1 aromatic rings. The summed E-state index contributed by atoms with van der Waals surface area (Å²) in [4.78, 5) is 11.0. The van der Waals surface area contributed by atoms with Gasteiger partial charge in [0.05, 0.1) is 17.7 Å². The predicted octanol–water partition coefficient (Wildman–Crippen LogP) is 3.11. The van der Waals surface area contributed by atoms with Crippen LogP contribution in [0.25, 0.3) is 0 Å². The van der Waals surface area contributed by atoms with E-state index in [1.807, 2.05) is 6.07 Å². The van der Waals surface area contributed by atoms with Gasteiger partial charge in [-0.3, -0.25) is 0 Å². The summed E-state index contributed by atoms with van der Waals surface area (Å²) in [5, 5.41) is 17.5. The first kappa shape index (κ1) is 13.3. The van der Waals surface area contributed by atoms with Gasteiger partial charge in [-0.25, -0.2) is 4.79 Å². The van der Waals surface area contributed by atoms with Crippen molar-refractivity contribution in [1.82, 2.24) is 0 Å². The lowest BCUT2D eigenvalue weighted by Crippen LogP contribution is -2.05. The summed E-state index contributed by atoms with van der Waals surface area (Å²) in [6.45, 7) is 0.377. The summed E-state index contributed by atoms with van der Waals surface area (Å²) in [5.41, 5.74) is -0.0190. The van der Waals surface area contributed by atoms with Crippen molar-refractivity contribution >= 4 is 17.6 Å². The minimum Gasteiger partial charge on any atom is -0.493 e. The molecule has 1 aromatic carbocycles. The standard InChI is InChI=1S/C12H12ClNO3/c13-9-5-4-6-10(11(9)12(15)16)17-8-3-1-2-7-14/h4-6H,1-3,8H2,(H,15,16). The van der Waals surface area contributed by atoms with E-state index >= 15 is 0 Å². The number of rotatable bonds is 6. The van der Waals surface area contributed by atoms with Crippen molar-refractivity contribution in [1.29, 1.82) is 5.26 Å². The number of aromatic carboxylic acids is 1. The van der Waals surface area contributed by atoms with Gasteiger partial charge in [-0.2, -0.15) is 5.26 Å². The van der Waals surface area contributed by atoms with Crippen LogP contribution in [0.1, 0.15) is 29.6 Å². The molecule has 1 N–H and O–H groups in total. The second-order valence-corrected chi connectivity index (χ2v) is 3.79. The maximum Gasteiger partial charge on any atom is 0.341 e. The van der Waals surface area contributed by atoms with Crippen LogP contribution in [0.5, 0.6) is 5.75 Å². The quantitative estimate of drug-likeness (QED) is 0.791. The van der Waals surface area contributed by atoms with Crippen molar-refractivity contribution in [3.8, 4) is 11.8 Å². The molecule has 0 fully saturated rings. The van der Waals surface area contributed by atoms with Crippen molar-refractivity contribution < 1.29 is 14.6 Å². The van der Waals surface area contributed by atoms with Crippen LogP contribution in [0.3, 0.4) is 0 Å². The molecule has 0 unspecified atom stereocenters. The number of hydrogen-bond donors (Lipinski definition) is 1. The Morgan fingerprint density at radius 2 is 2.24 bits per heavy atom. The molecular weight excluding hydrogens is 242 g/mol. The van der Waals surface area contributed by atoms with E-state index in [1.54, 1.807) is 12.1 Å². The third-order valence-corrected chi connectivity index (χ3v) is 2.44. The minimum absolute atomic E-state index is 0.0190. The molecule has 0 aliphatic rings. The Kier molecular flexibility index (Phi) is 5.31. The Morgan fingerprint density at radius 3 is 2.88 bits per heavy atom. The van der Waals surface area contributed by atoms with E-state index in [4.69, 9.17) is 26.7 Å². The smallest absolute Gasteiger partial charge is 0.341 e. The van der Waals surface area contributed by atoms with Gasteiger partial charge in [-0.05, 0) is 25.0 Å². The highest BCUT2D eigenvalue weighted by Gasteiger charge is 2.15. The lowest BCUT2D eigenvalue weighted by molar-refractivity contribution is 0.0692. The molecule has 0 saturated carbocycles. The second kappa shape index (κ2) is 6.77. The predicted molar refractivity (Wildman–Crippen MR) is 63.4 cm³/mol. The summed E-state index contributed by atoms with van der Waals surface area (Å²) in [6.07, 6.45) is 1.92. The van der Waals surface area contributed by atoms with Crippen molar-refractivity contribution in [2.75, 3.05) is 6.61 Å². The van der Waals surface area contributed by atoms with E-state index in [0.29, 0.717) is 19.4 Å². The van der Waals surface area contributed by atoms with Crippen LogP contribution >= 0.6 is 11.6 Å². The molecule has 1 rings (SSSR count). The fourth-order valence-corrected chi connectivity index (χ4v) is 1.57. The normalized spacial score (nSPS) is 9.65. The van der Waals surface area contributed by atoms with Crippen LogP contribution in [0.15, 0.2) is 18.2 Å². The highest BCUT2D eigenvalue weighted by atomic mass is 35.5. The van der Waals surface area contributed by atoms with E-state index in [1.165, 1.54) is 6.07 Å². The van der Waals surface area contributed by atoms with Crippen LogP contribution in [0.4, 0.5) is 0 Å². The third kappa shape index (κ3) is 3.97. The van der Waals surface area contributed by atoms with E-state index < -0.39 is 5.97 Å². The maximum atomic E-state index is 11.0. The monoisotopic (exact) mass is 253 g/mol. The Morgan fingerprint density at radius 1 is 1.47 bits per heavy atom. The molecule has 0 aliphatic carbocycles. The van der Waals surface area contributed by atoms with E-state index in [-0.39, 0.29) is 16.3 Å². The molecular formula is C12H12ClNO3. The molecule has 90 valence electrons. The van der Waals surface area contributed by atoms with Gasteiger partial charge in [0.1, 0.15) is 11.3 Å². The topological polar surface area (TPSA) is 70.3 Å². The highest BCUT2D eigenvalue weighted by molar-refractivity contribution is 6.33. The number of carbonyl (C=O) groups is 1. The zero-order valence-corrected chi connectivity index (χ0v) is 9.91. The Hall–Kier alpha value is -1.73. The molecule has 0 amide bonds. The van der Waals surface area contributed by atoms with E-state index in [9.17, 15) is 4.79 Å². The lowest BCUT2D eigenvalue weighted by Gasteiger charge is -2.09. The molecule has 5 heteroatoms. The number of nitrogens with zero attached hydrogens (tertiary/aromatic N) is 1. The van der Waals surface area contributed by atoms with Crippen molar-refractivity contribution in [3.63, 3.8) is 0 Å². The number of benzene rings is 1. The molecule has 0 heterocycles. The van der Waals surface area contributed by atoms with Gasteiger partial charge < -0.3 is 9.84 Å². The molecule has 0 saturated heterocycles. The van der Waals surface area contributed by atoms with Gasteiger partial charge in [-0.1, -0.05) is 17.7 Å². The van der Waals surface area contributed by atoms with Gasteiger partial charge >= 0.3 is 5.97 Å². The maximum absolute atomic E-state index is 11.0. The first-order chi connectivity index (χ1) is 8.16. The number of nitriles is 1. The first-order valence-corrected chi connectivity index (χ1v) is 5.56. The van der Waals surface area contributed by atoms with Gasteiger partial charge in [0.2, 0.25) is 0 Å². The third-order valence-electron chi connectivity index (χ3n) is 2.13. The molecule has 4 nitrogen and oxygen atoms in total. The van der Waals surface area contributed by atoms with Gasteiger partial charge in [0, 0.05) is 6.42 Å². The molecule has 0 spiro atoms. The highest BCUT2D eigenvalue weighted by Crippen LogP contribution is 2.26. The Bertz CT molecular complexity index is 440. The van der Waals surface area contributed by atoms with Gasteiger partial charge in [-0.15, -0.1) is 0 Å². The van der Waals surface area contributed by atoms with Crippen LogP contribution < -0.4 is 4.74 Å². The van der Waals surface area contributed by atoms with Crippen LogP contribution in [-0.4, -0.2) is 17.7 Å². The number of unbranched alkanes of at least 4 members (excludes halogenated alkanes) is 2. The summed E-state index contributed by atoms with van der Waals surface area (Å²) in [5.74, 6) is -0.843. The Balaban J connectivity index is 2.62. The minimum atomic E-state index is -1.11. The SMILES string of the molecule is N#CCCCCOc1cccc(Cl)c1C(=O)O. The summed E-state index contributed by atoms with van der Waals surface area (Å²) in [7, 11) is 0. The van der Waals surface area contributed by atoms with Crippen LogP contribution in [0, 0.1) is 11.3 Å².